The van der Waals surface area contributed by atoms with Crippen molar-refractivity contribution in [1.82, 2.24) is 4.90 Å². The van der Waals surface area contributed by atoms with Gasteiger partial charge in [0.05, 0.1) is 20.6 Å². The molecule has 8 heteroatoms. The summed E-state index contributed by atoms with van der Waals surface area (Å²) < 4.78 is 15.9. The number of carbonyl (C=O) groups is 2. The van der Waals surface area contributed by atoms with Gasteiger partial charge in [-0.1, -0.05) is 30.3 Å². The van der Waals surface area contributed by atoms with Crippen molar-refractivity contribution in [2.24, 2.45) is 0 Å². The number of rotatable bonds is 7. The Morgan fingerprint density at radius 2 is 1.63 bits per heavy atom. The second kappa shape index (κ2) is 10.0. The van der Waals surface area contributed by atoms with Gasteiger partial charge in [-0.2, -0.15) is 0 Å². The van der Waals surface area contributed by atoms with Crippen molar-refractivity contribution in [3.8, 4) is 11.5 Å². The van der Waals surface area contributed by atoms with Crippen molar-refractivity contribution in [2.45, 2.75) is 12.5 Å². The third-order valence-corrected chi connectivity index (χ3v) is 5.15. The van der Waals surface area contributed by atoms with Gasteiger partial charge in [0.15, 0.2) is 11.5 Å². The zero-order valence-electron chi connectivity index (χ0n) is 17.2. The maximum Gasteiger partial charge on any atom is 0.236 e. The van der Waals surface area contributed by atoms with E-state index >= 15 is 0 Å². The Bertz CT molecular complexity index is 869. The Morgan fingerprint density at radius 3 is 2.23 bits per heavy atom. The zero-order valence-corrected chi connectivity index (χ0v) is 17.2. The molecule has 1 amide bonds. The molecule has 1 fully saturated rings. The quantitative estimate of drug-likeness (QED) is 0.657. The molecule has 30 heavy (non-hydrogen) atoms. The minimum absolute atomic E-state index is 0.0588. The van der Waals surface area contributed by atoms with Crippen LogP contribution in [0.1, 0.15) is 18.1 Å². The highest BCUT2D eigenvalue weighted by Crippen LogP contribution is 2.32. The Hall–Kier alpha value is -3.16. The second-order valence-electron chi connectivity index (χ2n) is 6.95. The number of piperazine rings is 1. The van der Waals surface area contributed by atoms with Gasteiger partial charge >= 0.3 is 0 Å². The van der Waals surface area contributed by atoms with Gasteiger partial charge in [0.25, 0.3) is 0 Å². The third kappa shape index (κ3) is 5.26. The average molecular weight is 408 g/mol. The fraction of sp³-hybridized carbons (Fsp3) is 0.364. The van der Waals surface area contributed by atoms with E-state index in [-0.39, 0.29) is 12.3 Å². The summed E-state index contributed by atoms with van der Waals surface area (Å²) in [6, 6.07) is 14.9. The number of benzene rings is 2. The lowest BCUT2D eigenvalue weighted by atomic mass is 10.0. The van der Waals surface area contributed by atoms with Gasteiger partial charge in [-0.15, -0.1) is 0 Å². The summed E-state index contributed by atoms with van der Waals surface area (Å²) in [5.41, 5.74) is 1.76. The van der Waals surface area contributed by atoms with Crippen LogP contribution in [0.25, 0.3) is 0 Å². The molecule has 1 unspecified atom stereocenters. The molecular weight excluding hydrogens is 383 g/mol. The molecule has 3 rings (SSSR count). The van der Waals surface area contributed by atoms with Crippen LogP contribution in [0.4, 0.5) is 10.5 Å². The number of nitrogens with zero attached hydrogens (tertiary/aromatic N) is 2. The fourth-order valence-corrected chi connectivity index (χ4v) is 3.56. The zero-order chi connectivity index (χ0) is 21.5. The van der Waals surface area contributed by atoms with Crippen LogP contribution in [0.3, 0.4) is 0 Å². The fourth-order valence-electron chi connectivity index (χ4n) is 3.56. The molecule has 0 bridgehead atoms. The van der Waals surface area contributed by atoms with Crippen molar-refractivity contribution >= 4 is 25.3 Å². The first-order valence-electron chi connectivity index (χ1n) is 9.77. The van der Waals surface area contributed by atoms with E-state index in [0.29, 0.717) is 37.7 Å². The van der Waals surface area contributed by atoms with Gasteiger partial charge in [-0.3, -0.25) is 9.59 Å². The molecule has 2 aromatic carbocycles. The lowest BCUT2D eigenvalue weighted by Gasteiger charge is -2.36. The normalized spacial score (nSPS) is 14.7. The lowest BCUT2D eigenvalue weighted by Crippen LogP contribution is -2.49. The van der Waals surface area contributed by atoms with E-state index in [9.17, 15) is 9.59 Å². The van der Waals surface area contributed by atoms with Crippen LogP contribution in [0, 0.1) is 0 Å². The SMILES string of the molecule is [B]C(=O)OC(CC(=O)N1CCN(c2ccc(OC)c(OC)c2)CC1)c1ccccc1. The number of hydrogen-bond donors (Lipinski definition) is 0. The van der Waals surface area contributed by atoms with E-state index < -0.39 is 12.0 Å². The predicted octanol–water partition coefficient (Wildman–Crippen LogP) is 2.79. The largest absolute Gasteiger partial charge is 0.493 e. The van der Waals surface area contributed by atoms with Crippen LogP contribution < -0.4 is 14.4 Å². The maximum atomic E-state index is 12.8. The van der Waals surface area contributed by atoms with Gasteiger partial charge < -0.3 is 24.0 Å². The molecule has 0 aliphatic carbocycles. The van der Waals surface area contributed by atoms with Crippen LogP contribution in [-0.4, -0.2) is 64.9 Å². The summed E-state index contributed by atoms with van der Waals surface area (Å²) in [5, 5.41) is 0. The van der Waals surface area contributed by atoms with E-state index in [0.717, 1.165) is 11.3 Å². The van der Waals surface area contributed by atoms with E-state index in [2.05, 4.69) is 4.90 Å². The number of amides is 1. The molecule has 2 aromatic rings. The molecule has 0 spiro atoms. The molecule has 0 saturated carbocycles. The summed E-state index contributed by atoms with van der Waals surface area (Å²) in [6.45, 7) is 2.53. The molecule has 156 valence electrons. The van der Waals surface area contributed by atoms with Crippen molar-refractivity contribution in [3.05, 3.63) is 54.1 Å². The minimum Gasteiger partial charge on any atom is -0.493 e. The highest BCUT2D eigenvalue weighted by Gasteiger charge is 2.26. The van der Waals surface area contributed by atoms with Crippen molar-refractivity contribution in [1.29, 1.82) is 0 Å². The van der Waals surface area contributed by atoms with Gasteiger partial charge in [0, 0.05) is 37.9 Å². The van der Waals surface area contributed by atoms with E-state index in [1.54, 1.807) is 19.1 Å². The highest BCUT2D eigenvalue weighted by molar-refractivity contribution is 6.55. The summed E-state index contributed by atoms with van der Waals surface area (Å²) in [4.78, 5) is 28.1. The molecule has 0 aromatic heterocycles. The van der Waals surface area contributed by atoms with Crippen LogP contribution in [0.15, 0.2) is 48.5 Å². The van der Waals surface area contributed by atoms with Crippen molar-refractivity contribution in [2.75, 3.05) is 45.3 Å². The molecule has 2 radical (unpaired) electrons. The predicted molar refractivity (Wildman–Crippen MR) is 114 cm³/mol. The van der Waals surface area contributed by atoms with Gasteiger partial charge in [0.1, 0.15) is 6.10 Å². The van der Waals surface area contributed by atoms with E-state index in [1.807, 2.05) is 48.5 Å². The van der Waals surface area contributed by atoms with Crippen LogP contribution in [0.5, 0.6) is 11.5 Å². The second-order valence-corrected chi connectivity index (χ2v) is 6.95. The van der Waals surface area contributed by atoms with Gasteiger partial charge in [-0.05, 0) is 17.7 Å². The Balaban J connectivity index is 1.61. The lowest BCUT2D eigenvalue weighted by molar-refractivity contribution is -0.133. The molecule has 1 aliphatic heterocycles. The van der Waals surface area contributed by atoms with Crippen LogP contribution >= 0.6 is 0 Å². The van der Waals surface area contributed by atoms with Crippen LogP contribution in [0.2, 0.25) is 0 Å². The first-order chi connectivity index (χ1) is 14.5. The maximum absolute atomic E-state index is 12.8. The standard InChI is InChI=1S/C22H25BN2O5/c1-28-18-9-8-17(14-20(18)29-2)24-10-12-25(13-11-24)21(26)15-19(30-22(23)27)16-6-4-3-5-7-16/h3-9,14,19H,10-13,15H2,1-2H3. The summed E-state index contributed by atoms with van der Waals surface area (Å²) >= 11 is 0. The number of anilines is 1. The molecule has 7 nitrogen and oxygen atoms in total. The Morgan fingerprint density at radius 1 is 0.967 bits per heavy atom. The van der Waals surface area contributed by atoms with E-state index in [4.69, 9.17) is 22.1 Å². The number of hydrogen-bond acceptors (Lipinski definition) is 6. The number of carbonyl (C=O) groups excluding carboxylic acids is 2. The van der Waals surface area contributed by atoms with Gasteiger partial charge in [-0.25, -0.2) is 0 Å². The summed E-state index contributed by atoms with van der Waals surface area (Å²) in [6.07, 6.45) is -0.636. The highest BCUT2D eigenvalue weighted by atomic mass is 16.5. The first kappa shape index (κ1) is 21.6. The summed E-state index contributed by atoms with van der Waals surface area (Å²) in [5.74, 6) is 0.381. The van der Waals surface area contributed by atoms with Crippen LogP contribution in [-0.2, 0) is 9.53 Å². The Labute approximate surface area is 177 Å². The molecule has 1 atom stereocenters. The number of methoxy groups -OCH3 is 2. The summed E-state index contributed by atoms with van der Waals surface area (Å²) in [7, 11) is 8.41. The number of ether oxygens (including phenoxy) is 3. The molecule has 1 aliphatic rings. The average Bonchev–Trinajstić information content (AvgIpc) is 2.78. The Kier molecular flexibility index (Phi) is 7.22. The first-order valence-corrected chi connectivity index (χ1v) is 9.77. The molecule has 1 heterocycles. The monoisotopic (exact) mass is 408 g/mol. The smallest absolute Gasteiger partial charge is 0.236 e. The molecule has 0 N–H and O–H groups in total. The minimum atomic E-state index is -0.894. The van der Waals surface area contributed by atoms with Crippen molar-refractivity contribution in [3.63, 3.8) is 0 Å². The topological polar surface area (TPSA) is 68.3 Å². The molecular formula is C22H25BN2O5. The van der Waals surface area contributed by atoms with Gasteiger partial charge in [0.2, 0.25) is 19.6 Å². The molecule has 1 saturated heterocycles. The van der Waals surface area contributed by atoms with Crippen molar-refractivity contribution < 1.29 is 23.8 Å². The third-order valence-electron chi connectivity index (χ3n) is 5.15. The van der Waals surface area contributed by atoms with E-state index in [1.165, 1.54) is 0 Å².